The van der Waals surface area contributed by atoms with E-state index in [0.717, 1.165) is 218 Å². The summed E-state index contributed by atoms with van der Waals surface area (Å²) in [6.45, 7) is 25.1. The van der Waals surface area contributed by atoms with Gasteiger partial charge in [-0.1, -0.05) is 0 Å². The smallest absolute Gasteiger partial charge is 0.428 e. The number of anilines is 9. The van der Waals surface area contributed by atoms with Crippen LogP contribution in [0.3, 0.4) is 0 Å². The number of halogens is 2. The van der Waals surface area contributed by atoms with Crippen molar-refractivity contribution in [1.29, 1.82) is 0 Å². The molecular weight excluding hydrogens is 1900 g/mol. The second-order valence-electron chi connectivity index (χ2n) is 40.0. The van der Waals surface area contributed by atoms with Gasteiger partial charge in [0.05, 0.1) is 77.6 Å². The van der Waals surface area contributed by atoms with Gasteiger partial charge in [0.15, 0.2) is 35.2 Å². The number of nitrogen functional groups attached to an aromatic ring is 8. The van der Waals surface area contributed by atoms with Gasteiger partial charge in [-0.2, -0.15) is 8.78 Å². The Balaban J connectivity index is 0.000000118. The fourth-order valence-electron chi connectivity index (χ4n) is 20.5. The summed E-state index contributed by atoms with van der Waals surface area (Å²) in [6, 6.07) is 33.0. The van der Waals surface area contributed by atoms with Crippen LogP contribution in [-0.2, 0) is 101 Å². The van der Waals surface area contributed by atoms with E-state index in [9.17, 15) is 13.6 Å². The SMILES string of the molecule is Cc1cc(-c2cnc(N)c(OC(C)(C)c3ccnc(N)c3)n2)cc2c1CCN(C)C2.Cc1cc(-c2cnc(N)c(OC(F)(F)c3ccnc(N)c3)n2)cc2c1CCN(C)C2.Cc1cc(-c2cnc(N)c(OC3CCc4c3ccnc4N)n2)cc2c1CCN(C)C2.Cc1cc(-c2cnc(N)c(OC3COc4cnccc43)n2)cc2c1CCN(C)C2.Cc1cc(-c2cnc(N)c(OCc3ccnc4c3CC(=O)N4)n2)cc2c1CCN(C)C2. The number of amides is 1. The molecule has 7 aliphatic heterocycles. The number of nitrogens with one attached hydrogen (secondary N) is 1. The van der Waals surface area contributed by atoms with Gasteiger partial charge in [0, 0.05) is 152 Å². The molecule has 0 bridgehead atoms. The van der Waals surface area contributed by atoms with Gasteiger partial charge in [-0.25, -0.2) is 69.8 Å². The Bertz CT molecular complexity index is 7500. The maximum absolute atomic E-state index is 14.6. The van der Waals surface area contributed by atoms with Crippen molar-refractivity contribution in [3.05, 3.63) is 294 Å². The van der Waals surface area contributed by atoms with E-state index in [-0.39, 0.29) is 59.7 Å². The topological polar surface area (TPSA) is 502 Å². The summed E-state index contributed by atoms with van der Waals surface area (Å²) >= 11 is 0. The summed E-state index contributed by atoms with van der Waals surface area (Å²) in [4.78, 5) is 87.9. The Kier molecular flexibility index (Phi) is 29.4. The van der Waals surface area contributed by atoms with Crippen LogP contribution in [0, 0.1) is 34.6 Å². The number of aryl methyl sites for hydroxylation is 5. The molecule has 36 nitrogen and oxygen atoms in total. The van der Waals surface area contributed by atoms with Crippen LogP contribution in [0.1, 0.15) is 155 Å². The van der Waals surface area contributed by atoms with Gasteiger partial charge in [0.2, 0.25) is 5.91 Å². The molecule has 0 radical (unpaired) electrons. The lowest BCUT2D eigenvalue weighted by molar-refractivity contribution is -0.187. The van der Waals surface area contributed by atoms with Crippen molar-refractivity contribution in [2.24, 2.45) is 0 Å². The number of hydrogen-bond acceptors (Lipinski definition) is 35. The fraction of sp³-hybridized carbons (Fsp3) is 0.321. The molecule has 15 aromatic rings. The zero-order valence-electron chi connectivity index (χ0n) is 86.1. The quantitative estimate of drug-likeness (QED) is 0.0385. The monoisotopic (exact) mass is 2020 g/mol. The molecule has 0 saturated carbocycles. The molecule has 0 saturated heterocycles. The number of rotatable bonds is 18. The molecule has 1 aliphatic carbocycles. The van der Waals surface area contributed by atoms with Crippen molar-refractivity contribution in [3.63, 3.8) is 0 Å². The highest BCUT2D eigenvalue weighted by Gasteiger charge is 2.39. The second kappa shape index (κ2) is 43.2. The van der Waals surface area contributed by atoms with Crippen LogP contribution in [0.2, 0.25) is 0 Å². The third kappa shape index (κ3) is 22.8. The summed E-state index contributed by atoms with van der Waals surface area (Å²) in [6.07, 6.45) is 21.0. The number of benzene rings is 5. The van der Waals surface area contributed by atoms with E-state index in [0.29, 0.717) is 59.6 Å². The minimum absolute atomic E-state index is 0.0434. The van der Waals surface area contributed by atoms with Gasteiger partial charge in [-0.15, -0.1) is 0 Å². The summed E-state index contributed by atoms with van der Waals surface area (Å²) in [5.41, 5.74) is 80.1. The normalized spacial score (nSPS) is 16.1. The predicted octanol–water partition coefficient (Wildman–Crippen LogP) is 14.9. The van der Waals surface area contributed by atoms with Crippen molar-refractivity contribution >= 4 is 58.3 Å². The van der Waals surface area contributed by atoms with Gasteiger partial charge in [-0.05, 0) is 321 Å². The number of fused-ring (bicyclic) bond motifs is 8. The van der Waals surface area contributed by atoms with E-state index in [1.807, 2.05) is 57.2 Å². The molecular formula is C112H123F2N29O7. The first kappa shape index (κ1) is 102. The van der Waals surface area contributed by atoms with E-state index in [1.54, 1.807) is 61.8 Å². The molecule has 38 heteroatoms. The Morgan fingerprint density at radius 1 is 0.387 bits per heavy atom. The maximum atomic E-state index is 14.6. The van der Waals surface area contributed by atoms with Gasteiger partial charge in [0.25, 0.3) is 29.4 Å². The van der Waals surface area contributed by atoms with Crippen LogP contribution >= 0.6 is 0 Å². The first-order valence-corrected chi connectivity index (χ1v) is 49.9. The summed E-state index contributed by atoms with van der Waals surface area (Å²) in [5.74, 6) is 3.89. The number of pyridine rings is 5. The highest BCUT2D eigenvalue weighted by molar-refractivity contribution is 5.98. The molecule has 2 unspecified atom stereocenters. The standard InChI is InChI=1S/C23H24N6O2.C23H26N6O.C23H28N6O.C22H23N5O2.C21H22F2N6O/c1-13-7-15(8-16-11-29(2)6-4-17(13)16)19-10-26-21(24)23(27-19)31-12-14-3-5-25-22-18(14)9-20(30)28-22;1-13-9-14(10-15-12-29(2)8-6-16(13)15)19-11-27-22(25)23(28-19)30-20-4-3-18-17(20)5-7-26-21(18)24;1-14-9-15(10-16-13-29(4)8-6-18(14)16)19-12-27-21(25)22(28-19)30-23(2,3)17-5-7-26-20(24)11-17;1-13-7-14(8-15-11-27(2)6-4-16(13)15)18-9-25-21(23)22(26-18)29-20-12-28-19-10-24-5-3-17(19)20;1-12-7-13(8-14-11-29(2)6-4-16(12)14)17-10-27-19(25)20(28-17)30-21(22,23)15-3-5-26-18(24)9-15/h3,5,7-8,10H,4,6,9,11-12H2,1-2H3,(H2,24,26)(H,25,28,30);5,7,9-11,20H,3-4,6,8,12H2,1-2H3,(H2,24,26)(H2,25,27);5,7,9-12H,6,8,13H2,1-4H3,(H2,24,26)(H2,25,27);3,5,7-10,20H,4,6,11-12H2,1-2H3,(H2,23,25);3,5,7-10H,4,6,11H2,1-2H3,(H2,24,26)(H2,25,27). The molecule has 17 N–H and O–H groups in total. The van der Waals surface area contributed by atoms with Gasteiger partial charge < -0.3 is 104 Å². The highest BCUT2D eigenvalue weighted by atomic mass is 19.3. The fourth-order valence-corrected chi connectivity index (χ4v) is 20.5. The van der Waals surface area contributed by atoms with Gasteiger partial charge in [-0.3, -0.25) is 9.78 Å². The Morgan fingerprint density at radius 2 is 0.760 bits per heavy atom. The molecule has 1 amide bonds. The molecule has 10 aromatic heterocycles. The first-order chi connectivity index (χ1) is 72.0. The lowest BCUT2D eigenvalue weighted by Gasteiger charge is -2.28. The van der Waals surface area contributed by atoms with Crippen molar-refractivity contribution in [3.8, 4) is 91.4 Å². The first-order valence-electron chi connectivity index (χ1n) is 49.9. The number of nitrogens with two attached hydrogens (primary N) is 8. The van der Waals surface area contributed by atoms with Crippen molar-refractivity contribution in [1.82, 2.24) is 99.3 Å². The summed E-state index contributed by atoms with van der Waals surface area (Å²) < 4.78 is 64.2. The van der Waals surface area contributed by atoms with E-state index in [4.69, 9.17) is 89.2 Å². The van der Waals surface area contributed by atoms with Crippen molar-refractivity contribution in [2.45, 2.75) is 163 Å². The highest BCUT2D eigenvalue weighted by Crippen LogP contribution is 2.44. The van der Waals surface area contributed by atoms with Crippen LogP contribution in [0.5, 0.6) is 35.1 Å². The van der Waals surface area contributed by atoms with E-state index < -0.39 is 23.2 Å². The number of carbonyl (C=O) groups is 1. The van der Waals surface area contributed by atoms with Crippen molar-refractivity contribution in [2.75, 3.05) is 126 Å². The van der Waals surface area contributed by atoms with Crippen LogP contribution in [0.25, 0.3) is 56.3 Å². The molecule has 23 rings (SSSR count). The molecule has 772 valence electrons. The minimum Gasteiger partial charge on any atom is -0.487 e. The predicted molar refractivity (Wildman–Crippen MR) is 573 cm³/mol. The Labute approximate surface area is 868 Å². The largest absolute Gasteiger partial charge is 0.487 e. The minimum atomic E-state index is -3.70. The number of likely N-dealkylation sites (N-methyl/N-ethyl adjacent to an activating group) is 5. The van der Waals surface area contributed by atoms with Crippen LogP contribution in [-0.4, -0.2) is 180 Å². The zero-order valence-corrected chi connectivity index (χ0v) is 86.1. The average Bonchev–Trinajstić information content (AvgIpc) is 0.967. The number of hydrogen-bond donors (Lipinski definition) is 9. The number of nitrogens with zero attached hydrogens (tertiary/aromatic N) is 20. The molecule has 8 aliphatic rings. The van der Waals surface area contributed by atoms with E-state index in [2.05, 4.69) is 201 Å². The molecule has 150 heavy (non-hydrogen) atoms. The second-order valence-corrected chi connectivity index (χ2v) is 40.0. The molecule has 2 atom stereocenters. The van der Waals surface area contributed by atoms with Gasteiger partial charge >= 0.3 is 6.11 Å². The number of alkyl halides is 2. The third-order valence-corrected chi connectivity index (χ3v) is 28.5. The molecule has 0 fully saturated rings. The third-order valence-electron chi connectivity index (χ3n) is 28.5. The van der Waals surface area contributed by atoms with Crippen LogP contribution in [0.15, 0.2) is 171 Å². The maximum Gasteiger partial charge on any atom is 0.428 e. The lowest BCUT2D eigenvalue weighted by atomic mass is 9.92. The summed E-state index contributed by atoms with van der Waals surface area (Å²) in [5, 5.41) is 2.75. The number of carbonyl (C=O) groups excluding carboxylic acids is 1. The molecule has 17 heterocycles. The van der Waals surface area contributed by atoms with E-state index >= 15 is 0 Å². The molecule has 5 aromatic carbocycles. The van der Waals surface area contributed by atoms with Crippen LogP contribution in [0.4, 0.5) is 61.1 Å². The van der Waals surface area contributed by atoms with Gasteiger partial charge in [0.1, 0.15) is 53.9 Å². The van der Waals surface area contributed by atoms with Crippen molar-refractivity contribution < 1.29 is 42.0 Å². The zero-order chi connectivity index (χ0) is 105. The molecule has 0 spiro atoms. The lowest BCUT2D eigenvalue weighted by Crippen LogP contribution is -2.27. The average molecular weight is 2030 g/mol. The Hall–Kier alpha value is -16.4. The van der Waals surface area contributed by atoms with E-state index in [1.165, 1.54) is 90.3 Å². The number of aromatic nitrogens is 15. The van der Waals surface area contributed by atoms with Crippen LogP contribution < -0.4 is 79.6 Å². The number of ether oxygens (including phenoxy) is 6. The Morgan fingerprint density at radius 3 is 1.20 bits per heavy atom. The summed E-state index contributed by atoms with van der Waals surface area (Å²) in [7, 11) is 10.7.